The lowest BCUT2D eigenvalue weighted by molar-refractivity contribution is -0.383. The van der Waals surface area contributed by atoms with E-state index in [1.54, 1.807) is 6.07 Å². The molecule has 5 aliphatic rings. The summed E-state index contributed by atoms with van der Waals surface area (Å²) < 4.78 is 0. The Labute approximate surface area is 169 Å². The molecule has 0 atom stereocenters. The molecule has 0 aromatic heterocycles. The molecule has 0 amide bonds. The van der Waals surface area contributed by atoms with Crippen LogP contribution in [-0.4, -0.2) is 16.9 Å². The van der Waals surface area contributed by atoms with Gasteiger partial charge in [0.25, 0.3) is 5.69 Å². The van der Waals surface area contributed by atoms with Gasteiger partial charge in [-0.3, -0.25) is 15.5 Å². The van der Waals surface area contributed by atoms with Gasteiger partial charge in [-0.05, 0) is 72.3 Å². The van der Waals surface area contributed by atoms with E-state index in [1.807, 2.05) is 30.4 Å². The normalized spacial score (nSPS) is 30.7. The number of guanidine groups is 1. The van der Waals surface area contributed by atoms with Crippen LogP contribution in [-0.2, 0) is 0 Å². The summed E-state index contributed by atoms with van der Waals surface area (Å²) in [5.74, 6) is 3.21. The molecule has 4 bridgehead atoms. The number of hydrogen-bond acceptors (Lipinski definition) is 3. The van der Waals surface area contributed by atoms with Crippen LogP contribution in [0.2, 0.25) is 0 Å². The standard InChI is InChI=1S/C23H24N4O2/c24-23(25-21-16-7-12-6-13(9-16)10-17(21)8-12)26-22-18-3-1-2-14-4-5-15(20(14)18)11-19(22)27(28)29/h1-5,11-13,16-17,21H,6-10H2,(H3,24,25,26). The predicted molar refractivity (Wildman–Crippen MR) is 115 cm³/mol. The van der Waals surface area contributed by atoms with Crippen molar-refractivity contribution in [1.82, 2.24) is 5.32 Å². The minimum atomic E-state index is -0.354. The summed E-state index contributed by atoms with van der Waals surface area (Å²) in [7, 11) is 0. The number of hydrogen-bond donors (Lipinski definition) is 3. The van der Waals surface area contributed by atoms with E-state index in [2.05, 4.69) is 10.6 Å². The smallest absolute Gasteiger partial charge is 0.294 e. The fourth-order valence-electron chi connectivity index (χ4n) is 6.74. The first kappa shape index (κ1) is 17.0. The highest BCUT2D eigenvalue weighted by Gasteiger charge is 2.48. The first-order valence-corrected chi connectivity index (χ1v) is 10.6. The number of nitrogens with one attached hydrogen (secondary N) is 3. The number of nitro groups is 1. The molecule has 0 spiro atoms. The van der Waals surface area contributed by atoms with Gasteiger partial charge in [0.2, 0.25) is 0 Å². The molecule has 3 N–H and O–H groups in total. The van der Waals surface area contributed by atoms with E-state index in [1.165, 1.54) is 32.1 Å². The Bertz CT molecular complexity index is 1060. The van der Waals surface area contributed by atoms with Crippen molar-refractivity contribution < 1.29 is 4.92 Å². The largest absolute Gasteiger partial charge is 0.353 e. The van der Waals surface area contributed by atoms with Gasteiger partial charge in [-0.25, -0.2) is 0 Å². The van der Waals surface area contributed by atoms with Gasteiger partial charge in [0.05, 0.1) is 4.92 Å². The first-order chi connectivity index (χ1) is 14.1. The number of anilines is 1. The van der Waals surface area contributed by atoms with E-state index in [0.717, 1.165) is 33.7 Å². The fourth-order valence-corrected chi connectivity index (χ4v) is 6.74. The monoisotopic (exact) mass is 388 g/mol. The Balaban J connectivity index is 1.31. The van der Waals surface area contributed by atoms with Crippen molar-refractivity contribution >= 4 is 40.3 Å². The van der Waals surface area contributed by atoms with Crippen LogP contribution in [0.1, 0.15) is 43.2 Å². The second-order valence-corrected chi connectivity index (χ2v) is 9.32. The van der Waals surface area contributed by atoms with Gasteiger partial charge >= 0.3 is 0 Å². The second kappa shape index (κ2) is 6.05. The van der Waals surface area contributed by atoms with Gasteiger partial charge in [-0.15, -0.1) is 0 Å². The molecule has 0 saturated heterocycles. The maximum atomic E-state index is 11.8. The van der Waals surface area contributed by atoms with Crippen LogP contribution >= 0.6 is 0 Å². The molecule has 0 unspecified atom stereocenters. The van der Waals surface area contributed by atoms with Crippen LogP contribution in [0.15, 0.2) is 24.3 Å². The lowest BCUT2D eigenvalue weighted by atomic mass is 9.54. The zero-order valence-corrected chi connectivity index (χ0v) is 16.2. The maximum absolute atomic E-state index is 11.8. The van der Waals surface area contributed by atoms with Crippen molar-refractivity contribution in [1.29, 1.82) is 5.41 Å². The molecular formula is C23H24N4O2. The van der Waals surface area contributed by atoms with Crippen molar-refractivity contribution in [2.24, 2.45) is 23.7 Å². The highest BCUT2D eigenvalue weighted by Crippen LogP contribution is 2.53. The number of rotatable bonds is 3. The minimum Gasteiger partial charge on any atom is -0.353 e. The van der Waals surface area contributed by atoms with E-state index in [4.69, 9.17) is 5.41 Å². The third-order valence-electron chi connectivity index (χ3n) is 7.63. The quantitative estimate of drug-likeness (QED) is 0.255. The van der Waals surface area contributed by atoms with Gasteiger partial charge < -0.3 is 10.6 Å². The molecule has 5 aliphatic carbocycles. The molecular weight excluding hydrogens is 364 g/mol. The van der Waals surface area contributed by atoms with E-state index < -0.39 is 0 Å². The molecule has 4 fully saturated rings. The van der Waals surface area contributed by atoms with Crippen LogP contribution in [0.3, 0.4) is 0 Å². The van der Waals surface area contributed by atoms with E-state index >= 15 is 0 Å². The molecule has 148 valence electrons. The maximum Gasteiger partial charge on any atom is 0.294 e. The summed E-state index contributed by atoms with van der Waals surface area (Å²) >= 11 is 0. The summed E-state index contributed by atoms with van der Waals surface area (Å²) in [6, 6.07) is 7.78. The van der Waals surface area contributed by atoms with E-state index in [-0.39, 0.29) is 16.6 Å². The van der Waals surface area contributed by atoms with E-state index in [9.17, 15) is 10.1 Å². The van der Waals surface area contributed by atoms with Crippen LogP contribution in [0.4, 0.5) is 11.4 Å². The summed E-state index contributed by atoms with van der Waals surface area (Å²) in [6.07, 6.45) is 10.4. The highest BCUT2D eigenvalue weighted by molar-refractivity contribution is 6.14. The molecule has 2 aromatic rings. The summed E-state index contributed by atoms with van der Waals surface area (Å²) in [5, 5.41) is 28.7. The Morgan fingerprint density at radius 3 is 2.41 bits per heavy atom. The van der Waals surface area contributed by atoms with Crippen LogP contribution in [0.5, 0.6) is 0 Å². The predicted octanol–water partition coefficient (Wildman–Crippen LogP) is 4.99. The molecule has 0 aliphatic heterocycles. The molecule has 0 radical (unpaired) electrons. The molecule has 6 nitrogen and oxygen atoms in total. The average Bonchev–Trinajstić information content (AvgIpc) is 3.10. The van der Waals surface area contributed by atoms with Gasteiger partial charge in [0.1, 0.15) is 5.69 Å². The Hall–Kier alpha value is -2.89. The minimum absolute atomic E-state index is 0.0211. The van der Waals surface area contributed by atoms with Gasteiger partial charge in [0, 0.05) is 17.5 Å². The number of nitrogens with zero attached hydrogens (tertiary/aromatic N) is 1. The van der Waals surface area contributed by atoms with Crippen molar-refractivity contribution in [3.8, 4) is 0 Å². The van der Waals surface area contributed by atoms with Crippen molar-refractivity contribution in [2.45, 2.75) is 38.1 Å². The Kier molecular flexibility index (Phi) is 3.55. The van der Waals surface area contributed by atoms with Crippen molar-refractivity contribution in [3.05, 3.63) is 45.5 Å². The van der Waals surface area contributed by atoms with Gasteiger partial charge in [-0.2, -0.15) is 0 Å². The topological polar surface area (TPSA) is 91.0 Å². The average molecular weight is 388 g/mol. The van der Waals surface area contributed by atoms with Gasteiger partial charge in [-0.1, -0.05) is 30.4 Å². The highest BCUT2D eigenvalue weighted by atomic mass is 16.6. The van der Waals surface area contributed by atoms with Gasteiger partial charge in [0.15, 0.2) is 5.96 Å². The third-order valence-corrected chi connectivity index (χ3v) is 7.63. The summed E-state index contributed by atoms with van der Waals surface area (Å²) in [4.78, 5) is 11.4. The molecule has 29 heavy (non-hydrogen) atoms. The molecule has 7 rings (SSSR count). The SMILES string of the molecule is N=C(Nc1c([N+](=O)[O-])cc2c3c(cccc13)C=C2)NC1C2CC3CC(C2)CC1C3. The Morgan fingerprint density at radius 2 is 1.72 bits per heavy atom. The van der Waals surface area contributed by atoms with Crippen LogP contribution in [0, 0.1) is 39.2 Å². The lowest BCUT2D eigenvalue weighted by Crippen LogP contribution is -2.56. The summed E-state index contributed by atoms with van der Waals surface area (Å²) in [6.45, 7) is 0. The lowest BCUT2D eigenvalue weighted by Gasteiger charge is -2.54. The second-order valence-electron chi connectivity index (χ2n) is 9.32. The van der Waals surface area contributed by atoms with Crippen LogP contribution in [0.25, 0.3) is 22.9 Å². The summed E-state index contributed by atoms with van der Waals surface area (Å²) in [5.41, 5.74) is 2.37. The number of benzene rings is 2. The first-order valence-electron chi connectivity index (χ1n) is 10.6. The number of nitro benzene ring substituents is 1. The molecule has 2 aromatic carbocycles. The Morgan fingerprint density at radius 1 is 1.03 bits per heavy atom. The molecule has 6 heteroatoms. The zero-order chi connectivity index (χ0) is 19.7. The third kappa shape index (κ3) is 2.58. The van der Waals surface area contributed by atoms with Crippen molar-refractivity contribution in [2.75, 3.05) is 5.32 Å². The fraction of sp³-hybridized carbons (Fsp3) is 0.435. The van der Waals surface area contributed by atoms with E-state index in [0.29, 0.717) is 23.6 Å². The molecule has 4 saturated carbocycles. The zero-order valence-electron chi connectivity index (χ0n) is 16.2. The molecule has 0 heterocycles. The van der Waals surface area contributed by atoms with Crippen LogP contribution < -0.4 is 10.6 Å². The van der Waals surface area contributed by atoms with Crippen molar-refractivity contribution in [3.63, 3.8) is 0 Å².